The van der Waals surface area contributed by atoms with Crippen LogP contribution in [0, 0.1) is 0 Å². The third-order valence-electron chi connectivity index (χ3n) is 4.70. The molecule has 3 aromatic rings. The molecule has 1 aliphatic carbocycles. The van der Waals surface area contributed by atoms with Crippen molar-refractivity contribution in [3.63, 3.8) is 0 Å². The van der Waals surface area contributed by atoms with Gasteiger partial charge in [-0.05, 0) is 55.0 Å². The van der Waals surface area contributed by atoms with Crippen LogP contribution in [0.15, 0.2) is 66.7 Å². The lowest BCUT2D eigenvalue weighted by molar-refractivity contribution is 0.0989. The maximum absolute atomic E-state index is 13.3. The van der Waals surface area contributed by atoms with Gasteiger partial charge < -0.3 is 4.90 Å². The summed E-state index contributed by atoms with van der Waals surface area (Å²) in [5.41, 5.74) is 3.47. The average Bonchev–Trinajstić information content (AvgIpc) is 3.11. The Morgan fingerprint density at radius 2 is 1.60 bits per heavy atom. The first-order valence-electron chi connectivity index (χ1n) is 8.84. The molecule has 2 nitrogen and oxygen atoms in total. The standard InChI is InChI=1S/C22H21NOS/c24-22(21-15-18-11-7-8-14-20(18)25-21)23(19-12-5-2-6-13-19)16-17-9-3-1-4-10-17/h1-6,9-10,12-13,15H,7-8,11,14,16H2. The first-order valence-corrected chi connectivity index (χ1v) is 9.65. The van der Waals surface area contributed by atoms with Crippen molar-refractivity contribution >= 4 is 22.9 Å². The molecule has 126 valence electrons. The number of para-hydroxylation sites is 1. The Hall–Kier alpha value is -2.39. The van der Waals surface area contributed by atoms with Crippen LogP contribution in [0.2, 0.25) is 0 Å². The van der Waals surface area contributed by atoms with Crippen LogP contribution in [0.5, 0.6) is 0 Å². The van der Waals surface area contributed by atoms with Gasteiger partial charge in [0.15, 0.2) is 0 Å². The van der Waals surface area contributed by atoms with Crippen LogP contribution < -0.4 is 4.90 Å². The van der Waals surface area contributed by atoms with Crippen LogP contribution >= 0.6 is 11.3 Å². The number of hydrogen-bond acceptors (Lipinski definition) is 2. The summed E-state index contributed by atoms with van der Waals surface area (Å²) in [6.07, 6.45) is 4.72. The number of fused-ring (bicyclic) bond motifs is 1. The van der Waals surface area contributed by atoms with Gasteiger partial charge in [0.25, 0.3) is 5.91 Å². The third-order valence-corrected chi connectivity index (χ3v) is 5.93. The molecule has 0 N–H and O–H groups in total. The second kappa shape index (κ2) is 7.24. The summed E-state index contributed by atoms with van der Waals surface area (Å²) >= 11 is 1.69. The molecule has 25 heavy (non-hydrogen) atoms. The zero-order chi connectivity index (χ0) is 17.1. The van der Waals surface area contributed by atoms with Crippen molar-refractivity contribution in [1.82, 2.24) is 0 Å². The number of rotatable bonds is 4. The molecule has 3 heteroatoms. The van der Waals surface area contributed by atoms with Crippen molar-refractivity contribution in [2.75, 3.05) is 4.90 Å². The van der Waals surface area contributed by atoms with Gasteiger partial charge in [-0.3, -0.25) is 4.79 Å². The molecule has 0 spiro atoms. The van der Waals surface area contributed by atoms with E-state index in [0.717, 1.165) is 29.0 Å². The number of benzene rings is 2. The van der Waals surface area contributed by atoms with Crippen LogP contribution in [-0.4, -0.2) is 5.91 Å². The minimum atomic E-state index is 0.106. The number of thiophene rings is 1. The largest absolute Gasteiger partial charge is 0.303 e. The maximum Gasteiger partial charge on any atom is 0.268 e. The molecule has 0 saturated carbocycles. The van der Waals surface area contributed by atoms with Gasteiger partial charge in [0.05, 0.1) is 11.4 Å². The van der Waals surface area contributed by atoms with Crippen molar-refractivity contribution in [2.45, 2.75) is 32.2 Å². The Labute approximate surface area is 152 Å². The number of anilines is 1. The highest BCUT2D eigenvalue weighted by atomic mass is 32.1. The van der Waals surface area contributed by atoms with E-state index in [0.29, 0.717) is 6.54 Å². The van der Waals surface area contributed by atoms with Gasteiger partial charge in [0.2, 0.25) is 0 Å². The van der Waals surface area contributed by atoms with Gasteiger partial charge in [0.1, 0.15) is 0 Å². The summed E-state index contributed by atoms with van der Waals surface area (Å²) in [6.45, 7) is 0.590. The molecule has 0 fully saturated rings. The Bertz CT molecular complexity index is 831. The zero-order valence-corrected chi connectivity index (χ0v) is 15.0. The fourth-order valence-corrected chi connectivity index (χ4v) is 4.59. The highest BCUT2D eigenvalue weighted by molar-refractivity contribution is 7.14. The minimum absolute atomic E-state index is 0.106. The van der Waals surface area contributed by atoms with Crippen molar-refractivity contribution < 1.29 is 4.79 Å². The van der Waals surface area contributed by atoms with Gasteiger partial charge in [-0.15, -0.1) is 11.3 Å². The number of aryl methyl sites for hydroxylation is 2. The molecule has 1 heterocycles. The fourth-order valence-electron chi connectivity index (χ4n) is 3.38. The summed E-state index contributed by atoms with van der Waals surface area (Å²) in [5, 5.41) is 0. The van der Waals surface area contributed by atoms with E-state index in [1.807, 2.05) is 53.4 Å². The van der Waals surface area contributed by atoms with E-state index in [2.05, 4.69) is 18.2 Å². The number of nitrogens with zero attached hydrogens (tertiary/aromatic N) is 1. The molecule has 0 unspecified atom stereocenters. The van der Waals surface area contributed by atoms with E-state index in [4.69, 9.17) is 0 Å². The first kappa shape index (κ1) is 16.1. The highest BCUT2D eigenvalue weighted by Gasteiger charge is 2.23. The molecular formula is C22H21NOS. The van der Waals surface area contributed by atoms with Crippen LogP contribution in [0.1, 0.15) is 38.5 Å². The van der Waals surface area contributed by atoms with Crippen molar-refractivity contribution in [1.29, 1.82) is 0 Å². The molecule has 2 aromatic carbocycles. The van der Waals surface area contributed by atoms with E-state index < -0.39 is 0 Å². The predicted molar refractivity (Wildman–Crippen MR) is 104 cm³/mol. The predicted octanol–water partition coefficient (Wildman–Crippen LogP) is 5.47. The van der Waals surface area contributed by atoms with E-state index in [9.17, 15) is 4.79 Å². The van der Waals surface area contributed by atoms with Crippen molar-refractivity contribution in [2.24, 2.45) is 0 Å². The number of amides is 1. The smallest absolute Gasteiger partial charge is 0.268 e. The molecule has 0 atom stereocenters. The van der Waals surface area contributed by atoms with Gasteiger partial charge in [0, 0.05) is 10.6 Å². The molecule has 0 bridgehead atoms. The Balaban J connectivity index is 1.67. The van der Waals surface area contributed by atoms with E-state index in [1.54, 1.807) is 11.3 Å². The van der Waals surface area contributed by atoms with Crippen LogP contribution in [0.3, 0.4) is 0 Å². The topological polar surface area (TPSA) is 20.3 Å². The summed E-state index contributed by atoms with van der Waals surface area (Å²) in [5.74, 6) is 0.106. The first-order chi connectivity index (χ1) is 12.3. The molecule has 0 aliphatic heterocycles. The van der Waals surface area contributed by atoms with Gasteiger partial charge >= 0.3 is 0 Å². The van der Waals surface area contributed by atoms with Gasteiger partial charge in [-0.2, -0.15) is 0 Å². The van der Waals surface area contributed by atoms with E-state index in [1.165, 1.54) is 23.3 Å². The normalized spacial score (nSPS) is 13.3. The van der Waals surface area contributed by atoms with E-state index >= 15 is 0 Å². The monoisotopic (exact) mass is 347 g/mol. The molecular weight excluding hydrogens is 326 g/mol. The Kier molecular flexibility index (Phi) is 4.66. The maximum atomic E-state index is 13.3. The highest BCUT2D eigenvalue weighted by Crippen LogP contribution is 2.31. The van der Waals surface area contributed by atoms with Crippen LogP contribution in [-0.2, 0) is 19.4 Å². The lowest BCUT2D eigenvalue weighted by Gasteiger charge is -2.22. The van der Waals surface area contributed by atoms with E-state index in [-0.39, 0.29) is 5.91 Å². The second-order valence-electron chi connectivity index (χ2n) is 6.48. The lowest BCUT2D eigenvalue weighted by atomic mass is 9.99. The van der Waals surface area contributed by atoms with Crippen molar-refractivity contribution in [3.8, 4) is 0 Å². The number of hydrogen-bond donors (Lipinski definition) is 0. The molecule has 1 aliphatic rings. The Morgan fingerprint density at radius 1 is 0.920 bits per heavy atom. The number of carbonyl (C=O) groups excluding carboxylic acids is 1. The summed E-state index contributed by atoms with van der Waals surface area (Å²) < 4.78 is 0. The SMILES string of the molecule is O=C(c1cc2c(s1)CCCC2)N(Cc1ccccc1)c1ccccc1. The quantitative estimate of drug-likeness (QED) is 0.612. The van der Waals surface area contributed by atoms with Gasteiger partial charge in [-0.1, -0.05) is 48.5 Å². The zero-order valence-electron chi connectivity index (χ0n) is 14.2. The molecule has 1 aromatic heterocycles. The molecule has 0 radical (unpaired) electrons. The molecule has 1 amide bonds. The van der Waals surface area contributed by atoms with Crippen molar-refractivity contribution in [3.05, 3.63) is 87.6 Å². The molecule has 0 saturated heterocycles. The lowest BCUT2D eigenvalue weighted by Crippen LogP contribution is -2.29. The minimum Gasteiger partial charge on any atom is -0.303 e. The Morgan fingerprint density at radius 3 is 2.32 bits per heavy atom. The third kappa shape index (κ3) is 3.52. The van der Waals surface area contributed by atoms with Crippen LogP contribution in [0.4, 0.5) is 5.69 Å². The fraction of sp³-hybridized carbons (Fsp3) is 0.227. The van der Waals surface area contributed by atoms with Gasteiger partial charge in [-0.25, -0.2) is 0 Å². The number of carbonyl (C=O) groups is 1. The summed E-state index contributed by atoms with van der Waals surface area (Å²) in [6, 6.07) is 22.3. The summed E-state index contributed by atoms with van der Waals surface area (Å²) in [7, 11) is 0. The second-order valence-corrected chi connectivity index (χ2v) is 7.62. The summed E-state index contributed by atoms with van der Waals surface area (Å²) in [4.78, 5) is 17.5. The molecule has 4 rings (SSSR count). The average molecular weight is 347 g/mol. The van der Waals surface area contributed by atoms with Crippen LogP contribution in [0.25, 0.3) is 0 Å².